The van der Waals surface area contributed by atoms with Gasteiger partial charge in [-0.15, -0.1) is 0 Å². The Kier molecular flexibility index (Phi) is 4.90. The van der Waals surface area contributed by atoms with Crippen molar-refractivity contribution in [3.63, 3.8) is 0 Å². The number of carbonyl (C=O) groups excluding carboxylic acids is 1. The molecule has 0 aliphatic heterocycles. The van der Waals surface area contributed by atoms with Gasteiger partial charge in [0.1, 0.15) is 11.6 Å². The Morgan fingerprint density at radius 3 is 2.57 bits per heavy atom. The number of nitrogens with zero attached hydrogens (tertiary/aromatic N) is 1. The summed E-state index contributed by atoms with van der Waals surface area (Å²) in [6.07, 6.45) is 0. The lowest BCUT2D eigenvalue weighted by Crippen LogP contribution is -2.27. The van der Waals surface area contributed by atoms with Crippen LogP contribution in [-0.2, 0) is 0 Å². The molecular weight excluding hydrogens is 330 g/mol. The fraction of sp³-hybridized carbons (Fsp3) is 0.133. The highest BCUT2D eigenvalue weighted by atomic mass is 35.5. The van der Waals surface area contributed by atoms with E-state index in [1.807, 2.05) is 0 Å². The average Bonchev–Trinajstić information content (AvgIpc) is 2.46. The average molecular weight is 341 g/mol. The number of hydrogen-bond acceptors (Lipinski definition) is 3. The van der Waals surface area contributed by atoms with Crippen molar-refractivity contribution in [2.24, 2.45) is 0 Å². The van der Waals surface area contributed by atoms with Crippen LogP contribution in [0.4, 0.5) is 14.5 Å². The molecule has 0 saturated heterocycles. The summed E-state index contributed by atoms with van der Waals surface area (Å²) in [7, 11) is 0. The lowest BCUT2D eigenvalue weighted by Gasteiger charge is -2.15. The third-order valence-corrected chi connectivity index (χ3v) is 3.51. The zero-order valence-electron chi connectivity index (χ0n) is 11.8. The quantitative estimate of drug-likeness (QED) is 0.675. The number of halogens is 3. The molecule has 0 fully saturated rings. The van der Waals surface area contributed by atoms with Crippen molar-refractivity contribution in [3.8, 4) is 0 Å². The largest absolute Gasteiger partial charge is 0.345 e. The molecule has 0 radical (unpaired) electrons. The fourth-order valence-electron chi connectivity index (χ4n) is 2.01. The first-order chi connectivity index (χ1) is 10.8. The molecule has 1 N–H and O–H groups in total. The summed E-state index contributed by atoms with van der Waals surface area (Å²) in [4.78, 5) is 22.3. The van der Waals surface area contributed by atoms with E-state index in [0.29, 0.717) is 6.07 Å². The Bertz CT molecular complexity index is 783. The van der Waals surface area contributed by atoms with Gasteiger partial charge in [-0.3, -0.25) is 14.9 Å². The normalized spacial score (nSPS) is 11.8. The van der Waals surface area contributed by atoms with Crippen molar-refractivity contribution < 1.29 is 18.5 Å². The smallest absolute Gasteiger partial charge is 0.270 e. The highest BCUT2D eigenvalue weighted by Gasteiger charge is 2.19. The van der Waals surface area contributed by atoms with Crippen molar-refractivity contribution >= 4 is 23.2 Å². The highest BCUT2D eigenvalue weighted by molar-refractivity contribution is 6.33. The van der Waals surface area contributed by atoms with Gasteiger partial charge in [0.15, 0.2) is 0 Å². The first-order valence-electron chi connectivity index (χ1n) is 6.49. The topological polar surface area (TPSA) is 72.2 Å². The van der Waals surface area contributed by atoms with E-state index >= 15 is 0 Å². The van der Waals surface area contributed by atoms with Gasteiger partial charge >= 0.3 is 0 Å². The zero-order chi connectivity index (χ0) is 17.1. The van der Waals surface area contributed by atoms with Gasteiger partial charge in [-0.25, -0.2) is 8.78 Å². The van der Waals surface area contributed by atoms with Crippen LogP contribution in [0.3, 0.4) is 0 Å². The minimum atomic E-state index is -0.803. The maximum absolute atomic E-state index is 13.7. The monoisotopic (exact) mass is 340 g/mol. The van der Waals surface area contributed by atoms with Crippen LogP contribution in [-0.4, -0.2) is 10.8 Å². The summed E-state index contributed by atoms with van der Waals surface area (Å²) in [5.41, 5.74) is -0.309. The number of carbonyl (C=O) groups is 1. The SMILES string of the molecule is CC(NC(=O)c1cc([N+](=O)[O-])ccc1Cl)c1ccc(F)cc1F. The van der Waals surface area contributed by atoms with Crippen LogP contribution in [0, 0.1) is 21.7 Å². The molecule has 1 amide bonds. The van der Waals surface area contributed by atoms with Crippen LogP contribution in [0.1, 0.15) is 28.9 Å². The van der Waals surface area contributed by atoms with Gasteiger partial charge in [-0.1, -0.05) is 17.7 Å². The van der Waals surface area contributed by atoms with E-state index in [-0.39, 0.29) is 21.8 Å². The molecule has 5 nitrogen and oxygen atoms in total. The Morgan fingerprint density at radius 2 is 1.96 bits per heavy atom. The van der Waals surface area contributed by atoms with E-state index in [2.05, 4.69) is 5.32 Å². The summed E-state index contributed by atoms with van der Waals surface area (Å²) >= 11 is 5.87. The van der Waals surface area contributed by atoms with Crippen molar-refractivity contribution in [1.29, 1.82) is 0 Å². The number of hydrogen-bond donors (Lipinski definition) is 1. The molecule has 0 spiro atoms. The van der Waals surface area contributed by atoms with Gasteiger partial charge in [-0.2, -0.15) is 0 Å². The molecule has 2 aromatic carbocycles. The van der Waals surface area contributed by atoms with E-state index in [1.165, 1.54) is 25.1 Å². The van der Waals surface area contributed by atoms with Crippen LogP contribution in [0.2, 0.25) is 5.02 Å². The van der Waals surface area contributed by atoms with Gasteiger partial charge in [-0.05, 0) is 19.1 Å². The maximum Gasteiger partial charge on any atom is 0.270 e. The molecule has 0 aromatic heterocycles. The molecule has 0 bridgehead atoms. The minimum absolute atomic E-state index is 0.0277. The van der Waals surface area contributed by atoms with Crippen LogP contribution in [0.5, 0.6) is 0 Å². The summed E-state index contributed by atoms with van der Waals surface area (Å²) in [5.74, 6) is -2.23. The molecule has 2 rings (SSSR count). The molecule has 120 valence electrons. The minimum Gasteiger partial charge on any atom is -0.345 e. The molecule has 1 atom stereocenters. The van der Waals surface area contributed by atoms with Gasteiger partial charge < -0.3 is 5.32 Å². The first kappa shape index (κ1) is 16.8. The lowest BCUT2D eigenvalue weighted by molar-refractivity contribution is -0.384. The van der Waals surface area contributed by atoms with E-state index in [9.17, 15) is 23.7 Å². The molecule has 0 saturated carbocycles. The molecule has 1 unspecified atom stereocenters. The van der Waals surface area contributed by atoms with Crippen LogP contribution < -0.4 is 5.32 Å². The zero-order valence-corrected chi connectivity index (χ0v) is 12.6. The number of nitrogens with one attached hydrogen (secondary N) is 1. The third-order valence-electron chi connectivity index (χ3n) is 3.18. The number of amides is 1. The second-order valence-corrected chi connectivity index (χ2v) is 5.19. The maximum atomic E-state index is 13.7. The third kappa shape index (κ3) is 3.81. The Hall–Kier alpha value is -2.54. The molecule has 0 aliphatic rings. The molecule has 2 aromatic rings. The van der Waals surface area contributed by atoms with Gasteiger partial charge in [0.2, 0.25) is 0 Å². The van der Waals surface area contributed by atoms with Crippen molar-refractivity contribution in [2.75, 3.05) is 0 Å². The molecule has 8 heteroatoms. The molecule has 0 heterocycles. The van der Waals surface area contributed by atoms with Crippen LogP contribution >= 0.6 is 11.6 Å². The van der Waals surface area contributed by atoms with E-state index in [1.54, 1.807) is 0 Å². The van der Waals surface area contributed by atoms with Crippen molar-refractivity contribution in [2.45, 2.75) is 13.0 Å². The molecule has 23 heavy (non-hydrogen) atoms. The second kappa shape index (κ2) is 6.70. The van der Waals surface area contributed by atoms with Crippen LogP contribution in [0.25, 0.3) is 0 Å². The van der Waals surface area contributed by atoms with Crippen molar-refractivity contribution in [3.05, 3.63) is 74.3 Å². The van der Waals surface area contributed by atoms with Gasteiger partial charge in [0, 0.05) is 23.8 Å². The predicted octanol–water partition coefficient (Wildman–Crippen LogP) is 4.02. The van der Waals surface area contributed by atoms with E-state index in [4.69, 9.17) is 11.6 Å². The lowest BCUT2D eigenvalue weighted by atomic mass is 10.1. The molecule has 0 aliphatic carbocycles. The van der Waals surface area contributed by atoms with Crippen molar-refractivity contribution in [1.82, 2.24) is 5.32 Å². The standard InChI is InChI=1S/C15H11ClF2N2O3/c1-8(11-4-2-9(17)6-14(11)18)19-15(21)12-7-10(20(22)23)3-5-13(12)16/h2-8H,1H3,(H,19,21). The first-order valence-corrected chi connectivity index (χ1v) is 6.87. The number of non-ortho nitro benzene ring substituents is 1. The highest BCUT2D eigenvalue weighted by Crippen LogP contribution is 2.24. The molecular formula is C15H11ClF2N2O3. The Balaban J connectivity index is 2.24. The summed E-state index contributed by atoms with van der Waals surface area (Å²) in [5, 5.41) is 13.3. The Labute approximate surface area is 135 Å². The van der Waals surface area contributed by atoms with Gasteiger partial charge in [0.05, 0.1) is 21.6 Å². The summed E-state index contributed by atoms with van der Waals surface area (Å²) in [6.45, 7) is 1.50. The van der Waals surface area contributed by atoms with Gasteiger partial charge in [0.25, 0.3) is 11.6 Å². The van der Waals surface area contributed by atoms with E-state index < -0.39 is 28.5 Å². The Morgan fingerprint density at radius 1 is 1.26 bits per heavy atom. The summed E-state index contributed by atoms with van der Waals surface area (Å²) < 4.78 is 26.6. The predicted molar refractivity (Wildman–Crippen MR) is 80.3 cm³/mol. The second-order valence-electron chi connectivity index (χ2n) is 4.78. The van der Waals surface area contributed by atoms with Crippen LogP contribution in [0.15, 0.2) is 36.4 Å². The number of rotatable bonds is 4. The number of nitro benzene ring substituents is 1. The number of nitro groups is 1. The summed E-state index contributed by atoms with van der Waals surface area (Å²) in [6, 6.07) is 5.65. The fourth-order valence-corrected chi connectivity index (χ4v) is 2.21. The van der Waals surface area contributed by atoms with E-state index in [0.717, 1.165) is 12.1 Å². The number of benzene rings is 2.